The fourth-order valence-corrected chi connectivity index (χ4v) is 2.42. The highest BCUT2D eigenvalue weighted by Crippen LogP contribution is 2.02. The molecule has 1 aliphatic heterocycles. The summed E-state index contributed by atoms with van der Waals surface area (Å²) in [4.78, 5) is 2.07. The maximum absolute atomic E-state index is 10.0. The number of hydrogen-bond donors (Lipinski definition) is 3. The van der Waals surface area contributed by atoms with Crippen molar-refractivity contribution in [3.05, 3.63) is 0 Å². The summed E-state index contributed by atoms with van der Waals surface area (Å²) in [7, 11) is 0. The van der Waals surface area contributed by atoms with Crippen molar-refractivity contribution in [2.75, 3.05) is 98.8 Å². The molecular weight excluding hydrogens is 342 g/mol. The van der Waals surface area contributed by atoms with Crippen molar-refractivity contribution in [3.8, 4) is 0 Å². The lowest BCUT2D eigenvalue weighted by molar-refractivity contribution is -0.0375. The van der Waals surface area contributed by atoms with Gasteiger partial charge in [-0.2, -0.15) is 0 Å². The third kappa shape index (κ3) is 13.8. The smallest absolute Gasteiger partial charge is 0.109 e. The number of aliphatic hydroxyl groups is 1. The summed E-state index contributed by atoms with van der Waals surface area (Å²) in [5.41, 5.74) is 5.30. The molecule has 1 heterocycles. The second-order valence-electron chi connectivity index (χ2n) is 5.91. The molecule has 1 aliphatic rings. The number of nitrogens with zero attached hydrogens (tertiary/aromatic N) is 1. The molecule has 0 amide bonds. The van der Waals surface area contributed by atoms with Crippen LogP contribution in [0.4, 0.5) is 0 Å². The predicted molar refractivity (Wildman–Crippen MR) is 98.2 cm³/mol. The lowest BCUT2D eigenvalue weighted by Gasteiger charge is -2.31. The van der Waals surface area contributed by atoms with Crippen molar-refractivity contribution in [1.82, 2.24) is 10.2 Å². The van der Waals surface area contributed by atoms with Gasteiger partial charge in [-0.05, 0) is 0 Å². The van der Waals surface area contributed by atoms with Crippen LogP contribution in [-0.4, -0.2) is 115 Å². The molecule has 9 nitrogen and oxygen atoms in total. The van der Waals surface area contributed by atoms with Gasteiger partial charge in [-0.15, -0.1) is 0 Å². The highest BCUT2D eigenvalue weighted by atomic mass is 16.6. The summed E-state index contributed by atoms with van der Waals surface area (Å²) in [5, 5.41) is 13.3. The molecule has 1 atom stereocenters. The zero-order valence-electron chi connectivity index (χ0n) is 15.9. The first-order valence-electron chi connectivity index (χ1n) is 9.56. The van der Waals surface area contributed by atoms with Gasteiger partial charge in [0.1, 0.15) is 6.23 Å². The Morgan fingerprint density at radius 1 is 0.731 bits per heavy atom. The third-order valence-electron chi connectivity index (χ3n) is 3.84. The molecule has 0 aromatic heterocycles. The molecular formula is C17H37N3O6. The maximum Gasteiger partial charge on any atom is 0.109 e. The summed E-state index contributed by atoms with van der Waals surface area (Å²) < 4.78 is 26.8. The average Bonchev–Trinajstić information content (AvgIpc) is 2.68. The van der Waals surface area contributed by atoms with Crippen molar-refractivity contribution in [2.45, 2.75) is 12.6 Å². The molecule has 1 saturated heterocycles. The van der Waals surface area contributed by atoms with Crippen LogP contribution in [0.2, 0.25) is 0 Å². The zero-order valence-corrected chi connectivity index (χ0v) is 15.9. The summed E-state index contributed by atoms with van der Waals surface area (Å²) >= 11 is 0. The van der Waals surface area contributed by atoms with Crippen LogP contribution in [0.1, 0.15) is 6.42 Å². The molecule has 0 radical (unpaired) electrons. The predicted octanol–water partition coefficient (Wildman–Crippen LogP) is -1.36. The number of ether oxygens (including phenoxy) is 5. The molecule has 0 saturated carbocycles. The molecule has 0 aromatic carbocycles. The van der Waals surface area contributed by atoms with E-state index in [0.29, 0.717) is 79.0 Å². The van der Waals surface area contributed by atoms with Crippen LogP contribution in [-0.2, 0) is 23.7 Å². The molecule has 1 rings (SSSR count). The lowest BCUT2D eigenvalue weighted by atomic mass is 10.3. The van der Waals surface area contributed by atoms with E-state index in [1.165, 1.54) is 0 Å². The van der Waals surface area contributed by atoms with Crippen LogP contribution in [0.3, 0.4) is 0 Å². The first-order valence-corrected chi connectivity index (χ1v) is 9.56. The molecule has 1 fully saturated rings. The number of hydrogen-bond acceptors (Lipinski definition) is 9. The SMILES string of the molecule is NCCOCCOCCOCCOCCOCC[C@@H](O)N1CCNCC1. The van der Waals surface area contributed by atoms with Gasteiger partial charge in [0.05, 0.1) is 66.1 Å². The number of aliphatic hydroxyl groups excluding tert-OH is 1. The Hall–Kier alpha value is -0.360. The van der Waals surface area contributed by atoms with E-state index in [1.807, 2.05) is 0 Å². The number of piperazine rings is 1. The highest BCUT2D eigenvalue weighted by Gasteiger charge is 2.17. The van der Waals surface area contributed by atoms with E-state index in [1.54, 1.807) is 0 Å². The lowest BCUT2D eigenvalue weighted by Crippen LogP contribution is -2.48. The first kappa shape index (κ1) is 23.7. The standard InChI is InChI=1S/C17H37N3O6/c18-2-8-23-10-12-25-14-16-26-15-13-24-11-9-22-7-1-17(21)20-5-3-19-4-6-20/h17,19,21H,1-16,18H2/t17-/m1/s1. The second-order valence-corrected chi connectivity index (χ2v) is 5.91. The summed E-state index contributed by atoms with van der Waals surface area (Å²) in [6.45, 7) is 9.62. The molecule has 4 N–H and O–H groups in total. The third-order valence-corrected chi connectivity index (χ3v) is 3.84. The van der Waals surface area contributed by atoms with Crippen molar-refractivity contribution in [1.29, 1.82) is 0 Å². The van der Waals surface area contributed by atoms with Crippen LogP contribution >= 0.6 is 0 Å². The monoisotopic (exact) mass is 379 g/mol. The summed E-state index contributed by atoms with van der Waals surface area (Å²) in [5.74, 6) is 0. The Bertz CT molecular complexity index is 296. The first-order chi connectivity index (χ1) is 12.8. The van der Waals surface area contributed by atoms with Gasteiger partial charge in [0.2, 0.25) is 0 Å². The topological polar surface area (TPSA) is 108 Å². The van der Waals surface area contributed by atoms with Crippen molar-refractivity contribution >= 4 is 0 Å². The van der Waals surface area contributed by atoms with Gasteiger partial charge in [0, 0.05) is 39.1 Å². The van der Waals surface area contributed by atoms with E-state index in [-0.39, 0.29) is 0 Å². The zero-order chi connectivity index (χ0) is 18.7. The van der Waals surface area contributed by atoms with Gasteiger partial charge in [-0.1, -0.05) is 0 Å². The van der Waals surface area contributed by atoms with Gasteiger partial charge >= 0.3 is 0 Å². The van der Waals surface area contributed by atoms with Gasteiger partial charge in [0.15, 0.2) is 0 Å². The Labute approximate surface area is 157 Å². The van der Waals surface area contributed by atoms with Crippen LogP contribution in [0, 0.1) is 0 Å². The Balaban J connectivity index is 1.72. The second kappa shape index (κ2) is 18.0. The van der Waals surface area contributed by atoms with Crippen LogP contribution in [0.25, 0.3) is 0 Å². The van der Waals surface area contributed by atoms with Gasteiger partial charge in [0.25, 0.3) is 0 Å². The molecule has 0 bridgehead atoms. The molecule has 0 spiro atoms. The minimum atomic E-state index is -0.416. The largest absolute Gasteiger partial charge is 0.379 e. The molecule has 0 aromatic rings. The molecule has 0 aliphatic carbocycles. The van der Waals surface area contributed by atoms with E-state index in [2.05, 4.69) is 10.2 Å². The minimum absolute atomic E-state index is 0.416. The van der Waals surface area contributed by atoms with Crippen LogP contribution < -0.4 is 11.1 Å². The van der Waals surface area contributed by atoms with Gasteiger partial charge in [-0.25, -0.2) is 0 Å². The fourth-order valence-electron chi connectivity index (χ4n) is 2.42. The van der Waals surface area contributed by atoms with E-state index in [4.69, 9.17) is 29.4 Å². The van der Waals surface area contributed by atoms with Crippen molar-refractivity contribution in [2.24, 2.45) is 5.73 Å². The molecule has 0 unspecified atom stereocenters. The average molecular weight is 379 g/mol. The van der Waals surface area contributed by atoms with E-state index < -0.39 is 6.23 Å². The molecule has 9 heteroatoms. The van der Waals surface area contributed by atoms with E-state index >= 15 is 0 Å². The molecule has 26 heavy (non-hydrogen) atoms. The number of nitrogens with two attached hydrogens (primary N) is 1. The maximum atomic E-state index is 10.0. The fraction of sp³-hybridized carbons (Fsp3) is 1.00. The summed E-state index contributed by atoms with van der Waals surface area (Å²) in [6.07, 6.45) is 0.210. The van der Waals surface area contributed by atoms with E-state index in [0.717, 1.165) is 26.2 Å². The van der Waals surface area contributed by atoms with Crippen molar-refractivity contribution < 1.29 is 28.8 Å². The van der Waals surface area contributed by atoms with Gasteiger partial charge < -0.3 is 39.8 Å². The Kier molecular flexibility index (Phi) is 16.4. The Morgan fingerprint density at radius 3 is 1.62 bits per heavy atom. The number of nitrogens with one attached hydrogen (secondary N) is 1. The van der Waals surface area contributed by atoms with Gasteiger partial charge in [-0.3, -0.25) is 4.90 Å². The van der Waals surface area contributed by atoms with Crippen molar-refractivity contribution in [3.63, 3.8) is 0 Å². The quantitative estimate of drug-likeness (QED) is 0.249. The highest BCUT2D eigenvalue weighted by molar-refractivity contribution is 4.69. The minimum Gasteiger partial charge on any atom is -0.379 e. The van der Waals surface area contributed by atoms with Crippen LogP contribution in [0.5, 0.6) is 0 Å². The summed E-state index contributed by atoms with van der Waals surface area (Å²) in [6, 6.07) is 0. The molecule has 156 valence electrons. The normalized spacial score (nSPS) is 16.8. The number of rotatable bonds is 18. The van der Waals surface area contributed by atoms with Crippen LogP contribution in [0.15, 0.2) is 0 Å². The van der Waals surface area contributed by atoms with E-state index in [9.17, 15) is 5.11 Å². The Morgan fingerprint density at radius 2 is 1.15 bits per heavy atom.